The molecule has 104 valence electrons. The molecule has 0 aliphatic heterocycles. The van der Waals surface area contributed by atoms with E-state index < -0.39 is 0 Å². The van der Waals surface area contributed by atoms with Crippen LogP contribution >= 0.6 is 0 Å². The first-order valence-corrected chi connectivity index (χ1v) is 6.38. The summed E-state index contributed by atoms with van der Waals surface area (Å²) in [6.07, 6.45) is 3.80. The summed E-state index contributed by atoms with van der Waals surface area (Å²) >= 11 is 0. The van der Waals surface area contributed by atoms with E-state index in [1.807, 2.05) is 6.07 Å². The Bertz CT molecular complexity index is 474. The van der Waals surface area contributed by atoms with Crippen molar-refractivity contribution in [3.05, 3.63) is 22.9 Å². The van der Waals surface area contributed by atoms with E-state index in [4.69, 9.17) is 20.4 Å². The molecule has 0 bridgehead atoms. The Hall–Kier alpha value is -1.82. The van der Waals surface area contributed by atoms with Crippen LogP contribution in [0.25, 0.3) is 0 Å². The molecule has 2 rings (SSSR count). The Morgan fingerprint density at radius 3 is 3.05 bits per heavy atom. The summed E-state index contributed by atoms with van der Waals surface area (Å²) in [5.74, 6) is 0.469. The summed E-state index contributed by atoms with van der Waals surface area (Å²) in [5, 5.41) is 11.9. The molecule has 0 amide bonds. The minimum Gasteiger partial charge on any atom is -0.477 e. The van der Waals surface area contributed by atoms with Gasteiger partial charge in [0.2, 0.25) is 5.88 Å². The molecule has 1 heterocycles. The second-order valence-corrected chi connectivity index (χ2v) is 4.48. The molecule has 19 heavy (non-hydrogen) atoms. The SMILES string of the molecule is COCCCOc1nc2c(cc1C(N)=NO)CCC2. The number of aryl methyl sites for hydroxylation is 2. The molecular formula is C13H19N3O3. The van der Waals surface area contributed by atoms with Crippen LogP contribution in [0.2, 0.25) is 0 Å². The van der Waals surface area contributed by atoms with Crippen molar-refractivity contribution in [3.8, 4) is 5.88 Å². The third kappa shape index (κ3) is 3.14. The topological polar surface area (TPSA) is 90.0 Å². The normalized spacial score (nSPS) is 14.5. The van der Waals surface area contributed by atoms with Crippen molar-refractivity contribution in [3.63, 3.8) is 0 Å². The molecular weight excluding hydrogens is 246 g/mol. The lowest BCUT2D eigenvalue weighted by Crippen LogP contribution is -2.17. The van der Waals surface area contributed by atoms with Crippen LogP contribution in [-0.4, -0.2) is 36.4 Å². The lowest BCUT2D eigenvalue weighted by atomic mass is 10.1. The van der Waals surface area contributed by atoms with Gasteiger partial charge >= 0.3 is 0 Å². The quantitative estimate of drug-likeness (QED) is 0.264. The Balaban J connectivity index is 2.19. The maximum atomic E-state index is 8.83. The van der Waals surface area contributed by atoms with Gasteiger partial charge in [-0.05, 0) is 30.9 Å². The van der Waals surface area contributed by atoms with Gasteiger partial charge in [-0.3, -0.25) is 0 Å². The average molecular weight is 265 g/mol. The zero-order valence-corrected chi connectivity index (χ0v) is 11.1. The Morgan fingerprint density at radius 2 is 2.32 bits per heavy atom. The summed E-state index contributed by atoms with van der Waals surface area (Å²) in [6.45, 7) is 1.12. The van der Waals surface area contributed by atoms with Crippen LogP contribution in [0.5, 0.6) is 5.88 Å². The number of pyridine rings is 1. The number of aromatic nitrogens is 1. The highest BCUT2D eigenvalue weighted by molar-refractivity contribution is 5.99. The second-order valence-electron chi connectivity index (χ2n) is 4.48. The molecule has 0 atom stereocenters. The summed E-state index contributed by atoms with van der Waals surface area (Å²) in [7, 11) is 1.65. The first kappa shape index (κ1) is 13.6. The van der Waals surface area contributed by atoms with Crippen LogP contribution in [0, 0.1) is 0 Å². The van der Waals surface area contributed by atoms with Gasteiger partial charge in [-0.2, -0.15) is 0 Å². The molecule has 0 saturated carbocycles. The van der Waals surface area contributed by atoms with Crippen LogP contribution in [0.1, 0.15) is 29.7 Å². The van der Waals surface area contributed by atoms with Crippen LogP contribution in [0.4, 0.5) is 0 Å². The van der Waals surface area contributed by atoms with Crippen molar-refractivity contribution >= 4 is 5.84 Å². The molecule has 1 aliphatic carbocycles. The van der Waals surface area contributed by atoms with E-state index >= 15 is 0 Å². The third-order valence-corrected chi connectivity index (χ3v) is 3.13. The largest absolute Gasteiger partial charge is 0.477 e. The van der Waals surface area contributed by atoms with Gasteiger partial charge in [0.25, 0.3) is 0 Å². The molecule has 6 nitrogen and oxygen atoms in total. The van der Waals surface area contributed by atoms with Gasteiger partial charge in [-0.15, -0.1) is 0 Å². The van der Waals surface area contributed by atoms with Crippen LogP contribution < -0.4 is 10.5 Å². The number of amidine groups is 1. The van der Waals surface area contributed by atoms with E-state index in [1.54, 1.807) is 7.11 Å². The minimum absolute atomic E-state index is 0.0314. The number of rotatable bonds is 6. The van der Waals surface area contributed by atoms with Crippen molar-refractivity contribution in [2.75, 3.05) is 20.3 Å². The van der Waals surface area contributed by atoms with Gasteiger partial charge in [0.05, 0.1) is 12.2 Å². The highest BCUT2D eigenvalue weighted by Crippen LogP contribution is 2.26. The van der Waals surface area contributed by atoms with Gasteiger partial charge in [0.1, 0.15) is 0 Å². The minimum atomic E-state index is 0.0314. The number of ether oxygens (including phenoxy) is 2. The van der Waals surface area contributed by atoms with Gasteiger partial charge in [-0.25, -0.2) is 4.98 Å². The summed E-state index contributed by atoms with van der Waals surface area (Å²) < 4.78 is 10.6. The van der Waals surface area contributed by atoms with Crippen molar-refractivity contribution in [1.29, 1.82) is 0 Å². The number of nitrogens with zero attached hydrogens (tertiary/aromatic N) is 2. The molecule has 6 heteroatoms. The van der Waals surface area contributed by atoms with Gasteiger partial charge in [-0.1, -0.05) is 5.16 Å². The molecule has 0 unspecified atom stereocenters. The number of methoxy groups -OCH3 is 1. The first-order valence-electron chi connectivity index (χ1n) is 6.38. The van der Waals surface area contributed by atoms with E-state index in [0.29, 0.717) is 24.7 Å². The average Bonchev–Trinajstić information content (AvgIpc) is 2.89. The van der Waals surface area contributed by atoms with E-state index in [0.717, 1.165) is 36.9 Å². The molecule has 3 N–H and O–H groups in total. The fourth-order valence-corrected chi connectivity index (χ4v) is 2.17. The monoisotopic (exact) mass is 265 g/mol. The molecule has 1 aliphatic rings. The fourth-order valence-electron chi connectivity index (χ4n) is 2.17. The van der Waals surface area contributed by atoms with E-state index in [9.17, 15) is 0 Å². The van der Waals surface area contributed by atoms with E-state index in [2.05, 4.69) is 10.1 Å². The highest BCUT2D eigenvalue weighted by Gasteiger charge is 2.19. The predicted octanol–water partition coefficient (Wildman–Crippen LogP) is 1.08. The molecule has 0 radical (unpaired) electrons. The highest BCUT2D eigenvalue weighted by atomic mass is 16.5. The molecule has 0 aromatic carbocycles. The summed E-state index contributed by atoms with van der Waals surface area (Å²) in [6, 6.07) is 1.91. The number of nitrogens with two attached hydrogens (primary N) is 1. The summed E-state index contributed by atoms with van der Waals surface area (Å²) in [5.41, 5.74) is 8.44. The molecule has 0 spiro atoms. The zero-order chi connectivity index (χ0) is 13.7. The molecule has 1 aromatic rings. The maximum Gasteiger partial charge on any atom is 0.224 e. The van der Waals surface area contributed by atoms with Gasteiger partial charge in [0, 0.05) is 25.8 Å². The third-order valence-electron chi connectivity index (χ3n) is 3.13. The van der Waals surface area contributed by atoms with Crippen LogP contribution in [0.3, 0.4) is 0 Å². The van der Waals surface area contributed by atoms with Crippen molar-refractivity contribution in [1.82, 2.24) is 4.98 Å². The summed E-state index contributed by atoms with van der Waals surface area (Å²) in [4.78, 5) is 4.48. The molecule has 0 saturated heterocycles. The smallest absolute Gasteiger partial charge is 0.224 e. The fraction of sp³-hybridized carbons (Fsp3) is 0.538. The van der Waals surface area contributed by atoms with Crippen LogP contribution in [-0.2, 0) is 17.6 Å². The molecule has 0 fully saturated rings. The standard InChI is InChI=1S/C13H19N3O3/c1-18-6-3-7-19-13-10(12(14)16-17)8-9-4-2-5-11(9)15-13/h8,17H,2-7H2,1H3,(H2,14,16). The van der Waals surface area contributed by atoms with Gasteiger partial charge < -0.3 is 20.4 Å². The Labute approximate surface area is 112 Å². The van der Waals surface area contributed by atoms with Crippen molar-refractivity contribution in [2.45, 2.75) is 25.7 Å². The maximum absolute atomic E-state index is 8.83. The lowest BCUT2D eigenvalue weighted by Gasteiger charge is -2.11. The zero-order valence-electron chi connectivity index (χ0n) is 11.1. The number of hydrogen-bond donors (Lipinski definition) is 2. The predicted molar refractivity (Wildman–Crippen MR) is 70.8 cm³/mol. The van der Waals surface area contributed by atoms with Crippen LogP contribution in [0.15, 0.2) is 11.2 Å². The molecule has 1 aromatic heterocycles. The number of oxime groups is 1. The lowest BCUT2D eigenvalue weighted by molar-refractivity contribution is 0.170. The van der Waals surface area contributed by atoms with Crippen molar-refractivity contribution in [2.24, 2.45) is 10.9 Å². The second kappa shape index (κ2) is 6.38. The van der Waals surface area contributed by atoms with Crippen molar-refractivity contribution < 1.29 is 14.7 Å². The number of hydrogen-bond acceptors (Lipinski definition) is 5. The van der Waals surface area contributed by atoms with E-state index in [-0.39, 0.29) is 5.84 Å². The number of fused-ring (bicyclic) bond motifs is 1. The first-order chi connectivity index (χ1) is 9.26. The Kier molecular flexibility index (Phi) is 4.57. The van der Waals surface area contributed by atoms with E-state index in [1.165, 1.54) is 0 Å². The Morgan fingerprint density at radius 1 is 1.47 bits per heavy atom. The van der Waals surface area contributed by atoms with Gasteiger partial charge in [0.15, 0.2) is 5.84 Å².